The maximum Gasteiger partial charge on any atom is 0.166 e. The number of ether oxygens (including phenoxy) is 2. The first-order chi connectivity index (χ1) is 12.6. The zero-order valence-electron chi connectivity index (χ0n) is 15.4. The number of H-pyrrole nitrogens is 1. The Kier molecular flexibility index (Phi) is 6.22. The lowest BCUT2D eigenvalue weighted by molar-refractivity contribution is 0.227. The van der Waals surface area contributed by atoms with Gasteiger partial charge < -0.3 is 19.8 Å². The average molecular weight is 417 g/mol. The van der Waals surface area contributed by atoms with Crippen LogP contribution in [0.15, 0.2) is 47.1 Å². The van der Waals surface area contributed by atoms with Crippen LogP contribution in [0.25, 0.3) is 10.9 Å². The topological polar surface area (TPSA) is 46.3 Å². The molecule has 0 atom stereocenters. The van der Waals surface area contributed by atoms with Crippen molar-refractivity contribution in [3.8, 4) is 11.5 Å². The van der Waals surface area contributed by atoms with Crippen molar-refractivity contribution >= 4 is 26.8 Å². The highest BCUT2D eigenvalue weighted by Gasteiger charge is 2.14. The summed E-state index contributed by atoms with van der Waals surface area (Å²) in [6.07, 6.45) is 3.16. The molecule has 0 bridgehead atoms. The number of hydrogen-bond acceptors (Lipinski definition) is 3. The predicted molar refractivity (Wildman–Crippen MR) is 110 cm³/mol. The van der Waals surface area contributed by atoms with Crippen molar-refractivity contribution in [1.82, 2.24) is 10.3 Å². The van der Waals surface area contributed by atoms with Crippen LogP contribution in [0.5, 0.6) is 11.5 Å². The maximum absolute atomic E-state index is 5.99. The van der Waals surface area contributed by atoms with E-state index in [1.807, 2.05) is 19.9 Å². The number of aromatic nitrogens is 1. The number of hydrogen-bond donors (Lipinski definition) is 2. The lowest BCUT2D eigenvalue weighted by Gasteiger charge is -2.18. The van der Waals surface area contributed by atoms with E-state index in [0.717, 1.165) is 41.0 Å². The number of benzene rings is 2. The van der Waals surface area contributed by atoms with Crippen LogP contribution in [0.1, 0.15) is 25.0 Å². The molecule has 5 heteroatoms. The smallest absolute Gasteiger partial charge is 0.166 e. The molecular formula is C21H25BrN2O2. The highest BCUT2D eigenvalue weighted by atomic mass is 79.9. The summed E-state index contributed by atoms with van der Waals surface area (Å²) in [6, 6.07) is 12.4. The molecule has 1 heterocycles. The van der Waals surface area contributed by atoms with Gasteiger partial charge in [0.25, 0.3) is 0 Å². The van der Waals surface area contributed by atoms with Crippen LogP contribution in [-0.4, -0.2) is 24.7 Å². The summed E-state index contributed by atoms with van der Waals surface area (Å²) < 4.78 is 12.5. The van der Waals surface area contributed by atoms with E-state index in [4.69, 9.17) is 9.47 Å². The Balaban J connectivity index is 1.66. The summed E-state index contributed by atoms with van der Waals surface area (Å²) >= 11 is 3.55. The summed E-state index contributed by atoms with van der Waals surface area (Å²) in [6.45, 7) is 5.66. The van der Waals surface area contributed by atoms with Crippen molar-refractivity contribution in [2.75, 3.05) is 13.7 Å². The molecule has 0 unspecified atom stereocenters. The minimum Gasteiger partial charge on any atom is -0.493 e. The molecule has 0 fully saturated rings. The van der Waals surface area contributed by atoms with Crippen LogP contribution >= 0.6 is 15.9 Å². The van der Waals surface area contributed by atoms with Crippen LogP contribution in [-0.2, 0) is 13.0 Å². The highest BCUT2D eigenvalue weighted by Crippen LogP contribution is 2.35. The van der Waals surface area contributed by atoms with E-state index in [-0.39, 0.29) is 6.10 Å². The number of nitrogens with one attached hydrogen (secondary N) is 2. The van der Waals surface area contributed by atoms with E-state index in [1.165, 1.54) is 16.5 Å². The first-order valence-electron chi connectivity index (χ1n) is 8.87. The Morgan fingerprint density at radius 2 is 1.96 bits per heavy atom. The molecule has 138 valence electrons. The summed E-state index contributed by atoms with van der Waals surface area (Å²) in [4.78, 5) is 3.33. The molecule has 3 aromatic rings. The quantitative estimate of drug-likeness (QED) is 0.504. The number of methoxy groups -OCH3 is 1. The fourth-order valence-electron chi connectivity index (χ4n) is 3.06. The van der Waals surface area contributed by atoms with Crippen LogP contribution in [0.2, 0.25) is 0 Å². The van der Waals surface area contributed by atoms with Gasteiger partial charge in [-0.15, -0.1) is 0 Å². The molecule has 1 aromatic heterocycles. The Morgan fingerprint density at radius 3 is 2.73 bits per heavy atom. The molecule has 0 spiro atoms. The van der Waals surface area contributed by atoms with Crippen molar-refractivity contribution in [2.45, 2.75) is 32.9 Å². The van der Waals surface area contributed by atoms with Crippen molar-refractivity contribution in [3.05, 3.63) is 58.2 Å². The molecular weight excluding hydrogens is 392 g/mol. The monoisotopic (exact) mass is 416 g/mol. The number of aromatic amines is 1. The summed E-state index contributed by atoms with van der Waals surface area (Å²) in [5.74, 6) is 1.56. The van der Waals surface area contributed by atoms with E-state index in [1.54, 1.807) is 7.11 Å². The average Bonchev–Trinajstić information content (AvgIpc) is 3.03. The molecule has 0 saturated heterocycles. The van der Waals surface area contributed by atoms with Gasteiger partial charge in [-0.3, -0.25) is 0 Å². The van der Waals surface area contributed by atoms with Crippen molar-refractivity contribution in [2.24, 2.45) is 0 Å². The van der Waals surface area contributed by atoms with E-state index in [0.29, 0.717) is 0 Å². The van der Waals surface area contributed by atoms with Crippen molar-refractivity contribution in [3.63, 3.8) is 0 Å². The lowest BCUT2D eigenvalue weighted by atomic mass is 10.1. The van der Waals surface area contributed by atoms with Gasteiger partial charge in [0, 0.05) is 33.7 Å². The van der Waals surface area contributed by atoms with Gasteiger partial charge in [0.2, 0.25) is 0 Å². The largest absolute Gasteiger partial charge is 0.493 e. The minimum absolute atomic E-state index is 0.0926. The van der Waals surface area contributed by atoms with Crippen molar-refractivity contribution in [1.29, 1.82) is 0 Å². The fraction of sp³-hybridized carbons (Fsp3) is 0.333. The zero-order chi connectivity index (χ0) is 18.5. The molecule has 2 aromatic carbocycles. The van der Waals surface area contributed by atoms with Crippen LogP contribution < -0.4 is 14.8 Å². The predicted octanol–water partition coefficient (Wildman–Crippen LogP) is 5.06. The molecule has 0 saturated carbocycles. The Bertz CT molecular complexity index is 874. The molecule has 0 aliphatic heterocycles. The number of rotatable bonds is 8. The summed E-state index contributed by atoms with van der Waals surface area (Å²) in [5, 5.41) is 4.82. The Labute approximate surface area is 163 Å². The Hall–Kier alpha value is -1.98. The SMILES string of the molecule is COc1cc(Br)cc(CNCCc2c[nH]c3ccccc23)c1OC(C)C. The lowest BCUT2D eigenvalue weighted by Crippen LogP contribution is -2.18. The second-order valence-corrected chi connectivity index (χ2v) is 7.46. The molecule has 0 aliphatic rings. The number of para-hydroxylation sites is 1. The van der Waals surface area contributed by atoms with Gasteiger partial charge in [0.1, 0.15) is 0 Å². The minimum atomic E-state index is 0.0926. The van der Waals surface area contributed by atoms with E-state index in [2.05, 4.69) is 62.8 Å². The third kappa shape index (κ3) is 4.40. The van der Waals surface area contributed by atoms with Gasteiger partial charge in [-0.2, -0.15) is 0 Å². The highest BCUT2D eigenvalue weighted by molar-refractivity contribution is 9.10. The molecule has 26 heavy (non-hydrogen) atoms. The first kappa shape index (κ1) is 18.8. The molecule has 0 aliphatic carbocycles. The van der Waals surface area contributed by atoms with Gasteiger partial charge in [-0.05, 0) is 50.6 Å². The maximum atomic E-state index is 5.99. The number of halogens is 1. The van der Waals surface area contributed by atoms with Crippen LogP contribution in [0.4, 0.5) is 0 Å². The Morgan fingerprint density at radius 1 is 1.15 bits per heavy atom. The van der Waals surface area contributed by atoms with Gasteiger partial charge in [-0.25, -0.2) is 0 Å². The van der Waals surface area contributed by atoms with Crippen molar-refractivity contribution < 1.29 is 9.47 Å². The third-order valence-corrected chi connectivity index (χ3v) is 4.69. The van der Waals surface area contributed by atoms with Gasteiger partial charge in [0.15, 0.2) is 11.5 Å². The zero-order valence-corrected chi connectivity index (χ0v) is 17.0. The van der Waals surface area contributed by atoms with Gasteiger partial charge >= 0.3 is 0 Å². The molecule has 2 N–H and O–H groups in total. The second kappa shape index (κ2) is 8.60. The van der Waals surface area contributed by atoms with Crippen LogP contribution in [0, 0.1) is 0 Å². The molecule has 4 nitrogen and oxygen atoms in total. The van der Waals surface area contributed by atoms with Gasteiger partial charge in [-0.1, -0.05) is 34.1 Å². The summed E-state index contributed by atoms with van der Waals surface area (Å²) in [5.41, 5.74) is 3.61. The third-order valence-electron chi connectivity index (χ3n) is 4.23. The second-order valence-electron chi connectivity index (χ2n) is 6.55. The standard InChI is InChI=1S/C21H25BrN2O2/c1-14(2)26-21-16(10-17(22)11-20(21)25-3)12-23-9-8-15-13-24-19-7-5-4-6-18(15)19/h4-7,10-11,13-14,23-24H,8-9,12H2,1-3H3. The normalized spacial score (nSPS) is 11.3. The fourth-order valence-corrected chi connectivity index (χ4v) is 3.54. The molecule has 0 amide bonds. The molecule has 3 rings (SSSR count). The van der Waals surface area contributed by atoms with E-state index < -0.39 is 0 Å². The van der Waals surface area contributed by atoms with Gasteiger partial charge in [0.05, 0.1) is 13.2 Å². The summed E-state index contributed by atoms with van der Waals surface area (Å²) in [7, 11) is 1.67. The number of fused-ring (bicyclic) bond motifs is 1. The first-order valence-corrected chi connectivity index (χ1v) is 9.66. The van der Waals surface area contributed by atoms with Crippen LogP contribution in [0.3, 0.4) is 0 Å². The van der Waals surface area contributed by atoms with E-state index in [9.17, 15) is 0 Å². The van der Waals surface area contributed by atoms with E-state index >= 15 is 0 Å². The molecule has 0 radical (unpaired) electrons.